The molecule has 2 aromatic rings. The summed E-state index contributed by atoms with van der Waals surface area (Å²) in [5, 5.41) is 8.97. The SMILES string of the molecule is COc1cccc(Cc2nc(C)cc(C(=O)O)n2)c1. The normalized spacial score (nSPS) is 10.2. The maximum atomic E-state index is 10.9. The molecule has 1 N–H and O–H groups in total. The Morgan fingerprint density at radius 1 is 1.32 bits per heavy atom. The van der Waals surface area contributed by atoms with Gasteiger partial charge in [-0.15, -0.1) is 0 Å². The van der Waals surface area contributed by atoms with Crippen molar-refractivity contribution in [1.29, 1.82) is 0 Å². The fraction of sp³-hybridized carbons (Fsp3) is 0.214. The Balaban J connectivity index is 2.29. The van der Waals surface area contributed by atoms with Gasteiger partial charge < -0.3 is 9.84 Å². The number of carboxylic acid groups (broad SMARTS) is 1. The number of methoxy groups -OCH3 is 1. The van der Waals surface area contributed by atoms with Crippen LogP contribution in [0.3, 0.4) is 0 Å². The van der Waals surface area contributed by atoms with Crippen LogP contribution in [-0.4, -0.2) is 28.2 Å². The Bertz CT molecular complexity index is 611. The highest BCUT2D eigenvalue weighted by molar-refractivity contribution is 5.85. The van der Waals surface area contributed by atoms with Gasteiger partial charge >= 0.3 is 5.97 Å². The molecule has 19 heavy (non-hydrogen) atoms. The Morgan fingerprint density at radius 2 is 2.11 bits per heavy atom. The third kappa shape index (κ3) is 3.28. The minimum Gasteiger partial charge on any atom is -0.497 e. The molecular weight excluding hydrogens is 244 g/mol. The maximum Gasteiger partial charge on any atom is 0.354 e. The number of rotatable bonds is 4. The summed E-state index contributed by atoms with van der Waals surface area (Å²) in [6.45, 7) is 1.75. The molecule has 0 bridgehead atoms. The first-order valence-electron chi connectivity index (χ1n) is 5.79. The number of ether oxygens (including phenoxy) is 1. The van der Waals surface area contributed by atoms with E-state index in [1.165, 1.54) is 6.07 Å². The first-order chi connectivity index (χ1) is 9.08. The fourth-order valence-electron chi connectivity index (χ4n) is 1.78. The second kappa shape index (κ2) is 5.48. The number of hydrogen-bond donors (Lipinski definition) is 1. The highest BCUT2D eigenvalue weighted by Crippen LogP contribution is 2.15. The largest absolute Gasteiger partial charge is 0.497 e. The lowest BCUT2D eigenvalue weighted by Crippen LogP contribution is -2.07. The summed E-state index contributed by atoms with van der Waals surface area (Å²) < 4.78 is 5.14. The summed E-state index contributed by atoms with van der Waals surface area (Å²) in [5.41, 5.74) is 1.64. The van der Waals surface area contributed by atoms with E-state index in [1.807, 2.05) is 24.3 Å². The number of carbonyl (C=O) groups is 1. The van der Waals surface area contributed by atoms with Crippen LogP contribution in [0.25, 0.3) is 0 Å². The lowest BCUT2D eigenvalue weighted by molar-refractivity contribution is 0.0689. The molecule has 5 nitrogen and oxygen atoms in total. The van der Waals surface area contributed by atoms with Gasteiger partial charge in [0.2, 0.25) is 0 Å². The number of nitrogens with zero attached hydrogens (tertiary/aromatic N) is 2. The van der Waals surface area contributed by atoms with Crippen molar-refractivity contribution in [2.75, 3.05) is 7.11 Å². The van der Waals surface area contributed by atoms with Gasteiger partial charge in [0.25, 0.3) is 0 Å². The van der Waals surface area contributed by atoms with Crippen LogP contribution in [0.15, 0.2) is 30.3 Å². The third-order valence-corrected chi connectivity index (χ3v) is 2.62. The van der Waals surface area contributed by atoms with E-state index in [9.17, 15) is 4.79 Å². The lowest BCUT2D eigenvalue weighted by atomic mass is 10.1. The van der Waals surface area contributed by atoms with E-state index in [-0.39, 0.29) is 5.69 Å². The Labute approximate surface area is 110 Å². The van der Waals surface area contributed by atoms with Crippen molar-refractivity contribution in [1.82, 2.24) is 9.97 Å². The smallest absolute Gasteiger partial charge is 0.354 e. The molecule has 0 amide bonds. The fourth-order valence-corrected chi connectivity index (χ4v) is 1.78. The molecule has 0 fully saturated rings. The molecule has 1 aromatic heterocycles. The first-order valence-corrected chi connectivity index (χ1v) is 5.79. The minimum absolute atomic E-state index is 0.0189. The summed E-state index contributed by atoms with van der Waals surface area (Å²) in [6, 6.07) is 8.99. The maximum absolute atomic E-state index is 10.9. The Kier molecular flexibility index (Phi) is 3.75. The van der Waals surface area contributed by atoms with Crippen LogP contribution in [0.2, 0.25) is 0 Å². The monoisotopic (exact) mass is 258 g/mol. The van der Waals surface area contributed by atoms with Crippen LogP contribution in [0, 0.1) is 6.92 Å². The first kappa shape index (κ1) is 13.0. The van der Waals surface area contributed by atoms with Gasteiger partial charge in [0.15, 0.2) is 5.69 Å². The van der Waals surface area contributed by atoms with E-state index in [4.69, 9.17) is 9.84 Å². The van der Waals surface area contributed by atoms with Crippen molar-refractivity contribution in [3.63, 3.8) is 0 Å². The highest BCUT2D eigenvalue weighted by Gasteiger charge is 2.09. The van der Waals surface area contributed by atoms with Gasteiger partial charge in [-0.25, -0.2) is 14.8 Å². The van der Waals surface area contributed by atoms with E-state index < -0.39 is 5.97 Å². The number of aromatic carboxylic acids is 1. The number of carboxylic acids is 1. The highest BCUT2D eigenvalue weighted by atomic mass is 16.5. The van der Waals surface area contributed by atoms with Crippen molar-refractivity contribution in [3.8, 4) is 5.75 Å². The van der Waals surface area contributed by atoms with Gasteiger partial charge in [-0.05, 0) is 30.7 Å². The molecule has 0 radical (unpaired) electrons. The van der Waals surface area contributed by atoms with Crippen molar-refractivity contribution >= 4 is 5.97 Å². The van der Waals surface area contributed by atoms with Gasteiger partial charge in [-0.3, -0.25) is 0 Å². The van der Waals surface area contributed by atoms with Crippen molar-refractivity contribution in [2.24, 2.45) is 0 Å². The molecule has 0 aliphatic heterocycles. The van der Waals surface area contributed by atoms with Gasteiger partial charge in [0, 0.05) is 12.1 Å². The predicted octanol–water partition coefficient (Wildman–Crippen LogP) is 2.08. The lowest BCUT2D eigenvalue weighted by Gasteiger charge is -2.05. The summed E-state index contributed by atoms with van der Waals surface area (Å²) in [7, 11) is 1.60. The number of aryl methyl sites for hydroxylation is 1. The molecule has 0 unspecified atom stereocenters. The van der Waals surface area contributed by atoms with Crippen LogP contribution >= 0.6 is 0 Å². The molecular formula is C14H14N2O3. The number of hydrogen-bond acceptors (Lipinski definition) is 4. The molecule has 1 heterocycles. The minimum atomic E-state index is -1.04. The van der Waals surface area contributed by atoms with Gasteiger partial charge in [-0.1, -0.05) is 12.1 Å². The van der Waals surface area contributed by atoms with Crippen molar-refractivity contribution in [2.45, 2.75) is 13.3 Å². The zero-order valence-electron chi connectivity index (χ0n) is 10.8. The zero-order valence-corrected chi connectivity index (χ0v) is 10.8. The van der Waals surface area contributed by atoms with Crippen molar-refractivity contribution < 1.29 is 14.6 Å². The molecule has 2 rings (SSSR count). The second-order valence-corrected chi connectivity index (χ2v) is 4.14. The van der Waals surface area contributed by atoms with Crippen molar-refractivity contribution in [3.05, 3.63) is 53.1 Å². The van der Waals surface area contributed by atoms with E-state index in [0.29, 0.717) is 17.9 Å². The number of benzene rings is 1. The van der Waals surface area contributed by atoms with Crippen LogP contribution in [0.5, 0.6) is 5.75 Å². The molecule has 0 aliphatic rings. The molecule has 98 valence electrons. The van der Waals surface area contributed by atoms with Gasteiger partial charge in [0.05, 0.1) is 7.11 Å². The average Bonchev–Trinajstić information content (AvgIpc) is 2.38. The second-order valence-electron chi connectivity index (χ2n) is 4.14. The molecule has 0 atom stereocenters. The molecule has 0 saturated heterocycles. The topological polar surface area (TPSA) is 72.3 Å². The Hall–Kier alpha value is -2.43. The zero-order chi connectivity index (χ0) is 13.8. The van der Waals surface area contributed by atoms with Gasteiger partial charge in [0.1, 0.15) is 11.6 Å². The average molecular weight is 258 g/mol. The molecule has 0 saturated carbocycles. The van der Waals surface area contributed by atoms with E-state index >= 15 is 0 Å². The van der Waals surface area contributed by atoms with Crippen LogP contribution in [-0.2, 0) is 6.42 Å². The van der Waals surface area contributed by atoms with Gasteiger partial charge in [-0.2, -0.15) is 0 Å². The standard InChI is InChI=1S/C14H14N2O3/c1-9-6-12(14(17)18)16-13(15-9)8-10-4-3-5-11(7-10)19-2/h3-7H,8H2,1-2H3,(H,17,18). The summed E-state index contributed by atoms with van der Waals surface area (Å²) in [6.07, 6.45) is 0.471. The van der Waals surface area contributed by atoms with E-state index in [1.54, 1.807) is 14.0 Å². The molecule has 5 heteroatoms. The summed E-state index contributed by atoms with van der Waals surface area (Å²) in [4.78, 5) is 19.2. The quantitative estimate of drug-likeness (QED) is 0.909. The van der Waals surface area contributed by atoms with Crippen LogP contribution in [0.1, 0.15) is 27.6 Å². The van der Waals surface area contributed by atoms with Crippen LogP contribution < -0.4 is 4.74 Å². The predicted molar refractivity (Wildman–Crippen MR) is 69.5 cm³/mol. The Morgan fingerprint density at radius 3 is 2.79 bits per heavy atom. The molecule has 0 spiro atoms. The summed E-state index contributed by atoms with van der Waals surface area (Å²) in [5.74, 6) is 0.201. The molecule has 0 aliphatic carbocycles. The number of aromatic nitrogens is 2. The van der Waals surface area contributed by atoms with E-state index in [0.717, 1.165) is 11.3 Å². The summed E-state index contributed by atoms with van der Waals surface area (Å²) >= 11 is 0. The molecule has 1 aromatic carbocycles. The van der Waals surface area contributed by atoms with Crippen LogP contribution in [0.4, 0.5) is 0 Å². The third-order valence-electron chi connectivity index (χ3n) is 2.62. The van der Waals surface area contributed by atoms with E-state index in [2.05, 4.69) is 9.97 Å².